The van der Waals surface area contributed by atoms with Crippen molar-refractivity contribution in [3.05, 3.63) is 59.7 Å². The molecule has 0 aliphatic carbocycles. The molecule has 2 N–H and O–H groups in total. The fourth-order valence-corrected chi connectivity index (χ4v) is 2.66. The third-order valence-corrected chi connectivity index (χ3v) is 4.12. The van der Waals surface area contributed by atoms with Crippen LogP contribution in [0.25, 0.3) is 0 Å². The molecule has 0 spiro atoms. The molecule has 27 heavy (non-hydrogen) atoms. The van der Waals surface area contributed by atoms with E-state index in [0.29, 0.717) is 13.1 Å². The summed E-state index contributed by atoms with van der Waals surface area (Å²) in [5, 5.41) is 6.11. The fourth-order valence-electron chi connectivity index (χ4n) is 2.66. The van der Waals surface area contributed by atoms with Crippen LogP contribution >= 0.6 is 0 Å². The van der Waals surface area contributed by atoms with E-state index in [2.05, 4.69) is 31.2 Å². The van der Waals surface area contributed by atoms with E-state index in [-0.39, 0.29) is 18.1 Å². The molecule has 1 heterocycles. The van der Waals surface area contributed by atoms with Crippen molar-refractivity contribution in [1.82, 2.24) is 20.1 Å². The minimum Gasteiger partial charge on any atom is -0.357 e. The predicted molar refractivity (Wildman–Crippen MR) is 106 cm³/mol. The van der Waals surface area contributed by atoms with Crippen LogP contribution in [0.1, 0.15) is 18.2 Å². The molecule has 2 rings (SSSR count). The van der Waals surface area contributed by atoms with Crippen molar-refractivity contribution in [2.45, 2.75) is 19.9 Å². The van der Waals surface area contributed by atoms with Gasteiger partial charge in [0.1, 0.15) is 5.82 Å². The molecule has 0 atom stereocenters. The number of benzene rings is 1. The zero-order chi connectivity index (χ0) is 19.6. The van der Waals surface area contributed by atoms with Crippen LogP contribution in [0.4, 0.5) is 4.39 Å². The number of aryl methyl sites for hydroxylation is 1. The van der Waals surface area contributed by atoms with Gasteiger partial charge in [0.25, 0.3) is 0 Å². The number of nitrogens with zero attached hydrogens (tertiary/aromatic N) is 3. The highest BCUT2D eigenvalue weighted by molar-refractivity contribution is 5.80. The number of hydrogen-bond donors (Lipinski definition) is 2. The summed E-state index contributed by atoms with van der Waals surface area (Å²) in [6.07, 6.45) is 2.25. The van der Waals surface area contributed by atoms with Crippen LogP contribution < -0.4 is 10.6 Å². The summed E-state index contributed by atoms with van der Waals surface area (Å²) in [5.74, 6) is 0.398. The Labute approximate surface area is 160 Å². The quantitative estimate of drug-likeness (QED) is 0.422. The number of nitrogens with one attached hydrogen (secondary N) is 2. The second-order valence-corrected chi connectivity index (χ2v) is 6.36. The number of carbonyl (C=O) groups excluding carboxylic acids is 1. The summed E-state index contributed by atoms with van der Waals surface area (Å²) in [6.45, 7) is 4.47. The number of amides is 1. The van der Waals surface area contributed by atoms with Gasteiger partial charge >= 0.3 is 0 Å². The highest BCUT2D eigenvalue weighted by atomic mass is 19.1. The van der Waals surface area contributed by atoms with Crippen LogP contribution in [0.15, 0.2) is 47.6 Å². The van der Waals surface area contributed by atoms with E-state index in [1.807, 2.05) is 33.3 Å². The zero-order valence-corrected chi connectivity index (χ0v) is 16.2. The molecule has 0 radical (unpaired) electrons. The normalized spacial score (nSPS) is 11.3. The largest absolute Gasteiger partial charge is 0.357 e. The first-order valence-corrected chi connectivity index (χ1v) is 9.10. The van der Waals surface area contributed by atoms with Crippen molar-refractivity contribution >= 4 is 11.9 Å². The van der Waals surface area contributed by atoms with E-state index in [1.54, 1.807) is 12.1 Å². The lowest BCUT2D eigenvalue weighted by Gasteiger charge is -2.22. The Balaban J connectivity index is 1.80. The van der Waals surface area contributed by atoms with Crippen LogP contribution in [0, 0.1) is 5.82 Å². The van der Waals surface area contributed by atoms with Gasteiger partial charge in [-0.25, -0.2) is 4.39 Å². The summed E-state index contributed by atoms with van der Waals surface area (Å²) in [4.78, 5) is 18.6. The van der Waals surface area contributed by atoms with Gasteiger partial charge in [-0.1, -0.05) is 12.1 Å². The number of rotatable bonds is 8. The summed E-state index contributed by atoms with van der Waals surface area (Å²) in [7, 11) is 4.01. The second-order valence-electron chi connectivity index (χ2n) is 6.36. The molecule has 0 aliphatic heterocycles. The average molecular weight is 373 g/mol. The maximum atomic E-state index is 12.9. The Morgan fingerprint density at radius 2 is 1.96 bits per heavy atom. The van der Waals surface area contributed by atoms with E-state index in [4.69, 9.17) is 0 Å². The van der Waals surface area contributed by atoms with Gasteiger partial charge in [0.15, 0.2) is 5.96 Å². The molecule has 0 unspecified atom stereocenters. The van der Waals surface area contributed by atoms with E-state index in [9.17, 15) is 9.18 Å². The third kappa shape index (κ3) is 6.77. The molecule has 0 fully saturated rings. The highest BCUT2D eigenvalue weighted by Crippen LogP contribution is 2.04. The minimum atomic E-state index is -0.302. The van der Waals surface area contributed by atoms with Gasteiger partial charge in [0.2, 0.25) is 5.91 Å². The molecule has 7 heteroatoms. The van der Waals surface area contributed by atoms with Crippen molar-refractivity contribution < 1.29 is 9.18 Å². The molecule has 1 aromatic carbocycles. The van der Waals surface area contributed by atoms with Gasteiger partial charge in [-0.3, -0.25) is 9.79 Å². The van der Waals surface area contributed by atoms with Crippen molar-refractivity contribution in [2.75, 3.05) is 26.7 Å². The Hall–Kier alpha value is -2.83. The van der Waals surface area contributed by atoms with Crippen molar-refractivity contribution in [3.8, 4) is 0 Å². The Kier molecular flexibility index (Phi) is 7.85. The lowest BCUT2D eigenvalue weighted by Crippen LogP contribution is -2.39. The first-order valence-electron chi connectivity index (χ1n) is 9.10. The molecule has 1 aromatic heterocycles. The second kappa shape index (κ2) is 10.4. The van der Waals surface area contributed by atoms with Crippen LogP contribution in [0.2, 0.25) is 0 Å². The highest BCUT2D eigenvalue weighted by Gasteiger charge is 2.08. The van der Waals surface area contributed by atoms with Gasteiger partial charge in [0, 0.05) is 39.1 Å². The molecule has 0 aliphatic rings. The number of carbonyl (C=O) groups is 1. The number of guanidine groups is 1. The van der Waals surface area contributed by atoms with Crippen molar-refractivity contribution in [2.24, 2.45) is 12.0 Å². The molecule has 2 aromatic rings. The van der Waals surface area contributed by atoms with E-state index in [0.717, 1.165) is 24.6 Å². The number of hydrogen-bond acceptors (Lipinski definition) is 2. The van der Waals surface area contributed by atoms with Crippen LogP contribution in [0.3, 0.4) is 0 Å². The smallest absolute Gasteiger partial charge is 0.224 e. The SMILES string of the molecule is CCNC(=NCCNC(=O)Cc1ccc(F)cc1)N(C)Cc1cccn1C. The summed E-state index contributed by atoms with van der Waals surface area (Å²) in [6, 6.07) is 10.1. The monoisotopic (exact) mass is 373 g/mol. The lowest BCUT2D eigenvalue weighted by atomic mass is 10.1. The average Bonchev–Trinajstić information content (AvgIpc) is 3.04. The molecule has 0 saturated carbocycles. The van der Waals surface area contributed by atoms with Gasteiger partial charge in [0.05, 0.1) is 19.5 Å². The topological polar surface area (TPSA) is 61.7 Å². The summed E-state index contributed by atoms with van der Waals surface area (Å²) < 4.78 is 15.0. The van der Waals surface area contributed by atoms with E-state index < -0.39 is 0 Å². The van der Waals surface area contributed by atoms with Gasteiger partial charge in [-0.05, 0) is 36.8 Å². The molecular formula is C20H28FN5O. The molecule has 0 saturated heterocycles. The number of halogens is 1. The lowest BCUT2D eigenvalue weighted by molar-refractivity contribution is -0.120. The number of aromatic nitrogens is 1. The maximum absolute atomic E-state index is 12.9. The van der Waals surface area contributed by atoms with Crippen LogP contribution in [-0.4, -0.2) is 48.0 Å². The zero-order valence-electron chi connectivity index (χ0n) is 16.2. The maximum Gasteiger partial charge on any atom is 0.224 e. The minimum absolute atomic E-state index is 0.0982. The first-order chi connectivity index (χ1) is 13.0. The molecule has 146 valence electrons. The molecule has 1 amide bonds. The van der Waals surface area contributed by atoms with Gasteiger partial charge < -0.3 is 20.1 Å². The van der Waals surface area contributed by atoms with E-state index in [1.165, 1.54) is 17.8 Å². The van der Waals surface area contributed by atoms with Crippen LogP contribution in [-0.2, 0) is 24.8 Å². The summed E-state index contributed by atoms with van der Waals surface area (Å²) in [5.41, 5.74) is 1.98. The van der Waals surface area contributed by atoms with Gasteiger partial charge in [-0.15, -0.1) is 0 Å². The van der Waals surface area contributed by atoms with Crippen molar-refractivity contribution in [3.63, 3.8) is 0 Å². The van der Waals surface area contributed by atoms with E-state index >= 15 is 0 Å². The number of aliphatic imine (C=N–C) groups is 1. The van der Waals surface area contributed by atoms with Gasteiger partial charge in [-0.2, -0.15) is 0 Å². The standard InChI is InChI=1S/C20H28FN5O/c1-4-22-20(26(3)15-18-6-5-13-25(18)2)24-12-11-23-19(27)14-16-7-9-17(21)10-8-16/h5-10,13H,4,11-12,14-15H2,1-3H3,(H,22,24)(H,23,27). The van der Waals surface area contributed by atoms with Crippen molar-refractivity contribution in [1.29, 1.82) is 0 Å². The predicted octanol–water partition coefficient (Wildman–Crippen LogP) is 1.92. The third-order valence-electron chi connectivity index (χ3n) is 4.12. The summed E-state index contributed by atoms with van der Waals surface area (Å²) >= 11 is 0. The molecule has 6 nitrogen and oxygen atoms in total. The Morgan fingerprint density at radius 1 is 1.22 bits per heavy atom. The fraction of sp³-hybridized carbons (Fsp3) is 0.400. The first kappa shape index (κ1) is 20.5. The Morgan fingerprint density at radius 3 is 2.59 bits per heavy atom. The molecule has 0 bridgehead atoms. The Bertz CT molecular complexity index is 754. The van der Waals surface area contributed by atoms with Crippen LogP contribution in [0.5, 0.6) is 0 Å². The molecular weight excluding hydrogens is 345 g/mol.